The van der Waals surface area contributed by atoms with Gasteiger partial charge in [0.25, 0.3) is 0 Å². The van der Waals surface area contributed by atoms with Crippen molar-refractivity contribution in [1.82, 2.24) is 0 Å². The third-order valence-electron chi connectivity index (χ3n) is 1.94. The fourth-order valence-corrected chi connectivity index (χ4v) is 1.79. The van der Waals surface area contributed by atoms with E-state index in [1.165, 1.54) is 6.92 Å². The number of carbonyl (C=O) groups excluding carboxylic acids is 3. The summed E-state index contributed by atoms with van der Waals surface area (Å²) >= 11 is 0.969. The van der Waals surface area contributed by atoms with E-state index in [1.807, 2.05) is 0 Å². The summed E-state index contributed by atoms with van der Waals surface area (Å²) in [4.78, 5) is 32.4. The van der Waals surface area contributed by atoms with E-state index in [1.54, 1.807) is 24.3 Å². The first-order valence-electron chi connectivity index (χ1n) is 5.42. The van der Waals surface area contributed by atoms with Crippen molar-refractivity contribution in [2.45, 2.75) is 6.92 Å². The number of hydrogen-bond acceptors (Lipinski definition) is 5. The summed E-state index contributed by atoms with van der Waals surface area (Å²) < 4.78 is 0. The molecule has 0 saturated heterocycles. The molecule has 1 rings (SSSR count). The number of thioether (sulfide) groups is 1. The van der Waals surface area contributed by atoms with Crippen LogP contribution in [0.5, 0.6) is 0 Å². The average Bonchev–Trinajstić information content (AvgIpc) is 2.30. The summed E-state index contributed by atoms with van der Waals surface area (Å²) in [6, 6.07) is 6.61. The van der Waals surface area contributed by atoms with Crippen molar-refractivity contribution in [3.63, 3.8) is 0 Å². The Bertz CT molecular complexity index is 473. The Balaban J connectivity index is 2.42. The highest BCUT2D eigenvalue weighted by Gasteiger charge is 2.03. The first kappa shape index (κ1) is 15.0. The maximum Gasteiger partial charge on any atom is 0.234 e. The number of anilines is 2. The number of nitrogens with one attached hydrogen (secondary N) is 2. The van der Waals surface area contributed by atoms with Crippen LogP contribution in [0.25, 0.3) is 0 Å². The van der Waals surface area contributed by atoms with E-state index in [-0.39, 0.29) is 23.3 Å². The number of rotatable bonds is 6. The molecule has 0 fully saturated rings. The molecule has 0 heterocycles. The summed E-state index contributed by atoms with van der Waals surface area (Å²) in [6.07, 6.45) is 0. The Morgan fingerprint density at radius 3 is 2.05 bits per heavy atom. The number of benzene rings is 1. The molecule has 2 N–H and O–H groups in total. The summed E-state index contributed by atoms with van der Waals surface area (Å²) in [5, 5.41) is 15.4. The van der Waals surface area contributed by atoms with Crippen LogP contribution in [0.15, 0.2) is 24.3 Å². The molecular formula is C12H13N2O4S-. The van der Waals surface area contributed by atoms with Gasteiger partial charge in [-0.25, -0.2) is 0 Å². The lowest BCUT2D eigenvalue weighted by Crippen LogP contribution is -2.25. The molecule has 1 aromatic rings. The first-order valence-corrected chi connectivity index (χ1v) is 6.58. The molecule has 0 aliphatic rings. The minimum Gasteiger partial charge on any atom is -0.549 e. The predicted octanol–water partition coefficient (Wildman–Crippen LogP) is 0.0666. The van der Waals surface area contributed by atoms with Crippen LogP contribution in [0.2, 0.25) is 0 Å². The summed E-state index contributed by atoms with van der Waals surface area (Å²) in [5.41, 5.74) is 1.21. The zero-order valence-corrected chi connectivity index (χ0v) is 11.1. The van der Waals surface area contributed by atoms with E-state index in [9.17, 15) is 19.5 Å². The summed E-state index contributed by atoms with van der Waals surface area (Å²) in [5.74, 6) is -1.83. The van der Waals surface area contributed by atoms with E-state index in [2.05, 4.69) is 10.6 Å². The topological polar surface area (TPSA) is 98.3 Å². The van der Waals surface area contributed by atoms with Crippen molar-refractivity contribution in [3.05, 3.63) is 24.3 Å². The zero-order chi connectivity index (χ0) is 14.3. The number of carboxylic acids is 1. The number of hydrogen-bond donors (Lipinski definition) is 2. The van der Waals surface area contributed by atoms with Crippen molar-refractivity contribution in [2.75, 3.05) is 22.1 Å². The zero-order valence-electron chi connectivity index (χ0n) is 10.3. The molecule has 0 saturated carbocycles. The maximum atomic E-state index is 11.4. The molecule has 1 aromatic carbocycles. The number of aliphatic carboxylic acids is 1. The Morgan fingerprint density at radius 2 is 1.58 bits per heavy atom. The second kappa shape index (κ2) is 7.42. The standard InChI is InChI=1S/C12H14N2O4S/c1-8(15)13-9-2-4-10(5-3-9)14-11(16)6-19-7-12(17)18/h2-5H,6-7H2,1H3,(H,13,15)(H,14,16)(H,17,18)/p-1. The van der Waals surface area contributed by atoms with E-state index in [4.69, 9.17) is 0 Å². The summed E-state index contributed by atoms with van der Waals surface area (Å²) in [6.45, 7) is 1.41. The van der Waals surface area contributed by atoms with Crippen LogP contribution in [0, 0.1) is 0 Å². The fourth-order valence-electron chi connectivity index (χ4n) is 1.26. The SMILES string of the molecule is CC(=O)Nc1ccc(NC(=O)CSCC(=O)[O-])cc1. The lowest BCUT2D eigenvalue weighted by Gasteiger charge is -2.07. The van der Waals surface area contributed by atoms with Crippen molar-refractivity contribution in [3.8, 4) is 0 Å². The van der Waals surface area contributed by atoms with Crippen LogP contribution in [-0.4, -0.2) is 29.3 Å². The van der Waals surface area contributed by atoms with Gasteiger partial charge in [-0.15, -0.1) is 11.8 Å². The Hall–Kier alpha value is -2.02. The average molecular weight is 281 g/mol. The van der Waals surface area contributed by atoms with Gasteiger partial charge < -0.3 is 20.5 Å². The quantitative estimate of drug-likeness (QED) is 0.768. The number of carboxylic acid groups (broad SMARTS) is 1. The van der Waals surface area contributed by atoms with E-state index in [0.717, 1.165) is 11.8 Å². The Labute approximate surface area is 114 Å². The lowest BCUT2D eigenvalue weighted by atomic mass is 10.3. The van der Waals surface area contributed by atoms with Crippen LogP contribution in [0.3, 0.4) is 0 Å². The van der Waals surface area contributed by atoms with Gasteiger partial charge in [0.05, 0.1) is 11.7 Å². The molecule has 19 heavy (non-hydrogen) atoms. The van der Waals surface area contributed by atoms with Gasteiger partial charge in [0.15, 0.2) is 0 Å². The molecule has 7 heteroatoms. The first-order chi connectivity index (χ1) is 8.97. The molecule has 0 aliphatic carbocycles. The van der Waals surface area contributed by atoms with Crippen LogP contribution >= 0.6 is 11.8 Å². The van der Waals surface area contributed by atoms with E-state index < -0.39 is 5.97 Å². The normalized spacial score (nSPS) is 9.74. The van der Waals surface area contributed by atoms with Crippen molar-refractivity contribution in [1.29, 1.82) is 0 Å². The third kappa shape index (κ3) is 6.46. The van der Waals surface area contributed by atoms with Crippen LogP contribution < -0.4 is 15.7 Å². The molecule has 102 valence electrons. The maximum absolute atomic E-state index is 11.4. The Morgan fingerprint density at radius 1 is 1.05 bits per heavy atom. The van der Waals surface area contributed by atoms with Crippen LogP contribution in [0.1, 0.15) is 6.92 Å². The van der Waals surface area contributed by atoms with Crippen LogP contribution in [-0.2, 0) is 14.4 Å². The monoisotopic (exact) mass is 281 g/mol. The van der Waals surface area contributed by atoms with Gasteiger partial charge >= 0.3 is 0 Å². The number of carbonyl (C=O) groups is 3. The minimum absolute atomic E-state index is 0.0431. The molecule has 0 bridgehead atoms. The largest absolute Gasteiger partial charge is 0.549 e. The predicted molar refractivity (Wildman–Crippen MR) is 71.7 cm³/mol. The summed E-state index contributed by atoms with van der Waals surface area (Å²) in [7, 11) is 0. The molecule has 0 radical (unpaired) electrons. The molecule has 0 aromatic heterocycles. The van der Waals surface area contributed by atoms with Gasteiger partial charge in [0, 0.05) is 24.1 Å². The van der Waals surface area contributed by atoms with Crippen molar-refractivity contribution < 1.29 is 19.5 Å². The molecule has 0 unspecified atom stereocenters. The smallest absolute Gasteiger partial charge is 0.234 e. The molecular weight excluding hydrogens is 268 g/mol. The Kier molecular flexibility index (Phi) is 5.87. The van der Waals surface area contributed by atoms with Gasteiger partial charge in [-0.1, -0.05) is 0 Å². The molecule has 2 amide bonds. The second-order valence-electron chi connectivity index (χ2n) is 3.67. The molecule has 0 aliphatic heterocycles. The fraction of sp³-hybridized carbons (Fsp3) is 0.250. The van der Waals surface area contributed by atoms with Gasteiger partial charge in [-0.2, -0.15) is 0 Å². The highest BCUT2D eigenvalue weighted by Crippen LogP contribution is 2.13. The molecule has 0 spiro atoms. The van der Waals surface area contributed by atoms with Gasteiger partial charge in [-0.3, -0.25) is 9.59 Å². The minimum atomic E-state index is -1.20. The van der Waals surface area contributed by atoms with Gasteiger partial charge in [-0.05, 0) is 24.3 Å². The van der Waals surface area contributed by atoms with E-state index >= 15 is 0 Å². The van der Waals surface area contributed by atoms with Crippen LogP contribution in [0.4, 0.5) is 11.4 Å². The third-order valence-corrected chi connectivity index (χ3v) is 2.85. The van der Waals surface area contributed by atoms with Crippen molar-refractivity contribution in [2.24, 2.45) is 0 Å². The lowest BCUT2D eigenvalue weighted by molar-refractivity contribution is -0.301. The molecule has 0 atom stereocenters. The highest BCUT2D eigenvalue weighted by atomic mass is 32.2. The van der Waals surface area contributed by atoms with E-state index in [0.29, 0.717) is 11.4 Å². The van der Waals surface area contributed by atoms with Gasteiger partial charge in [0.1, 0.15) is 0 Å². The highest BCUT2D eigenvalue weighted by molar-refractivity contribution is 8.00. The number of amides is 2. The molecule has 6 nitrogen and oxygen atoms in total. The second-order valence-corrected chi connectivity index (χ2v) is 4.66. The van der Waals surface area contributed by atoms with Crippen molar-refractivity contribution >= 4 is 40.9 Å². The van der Waals surface area contributed by atoms with Gasteiger partial charge in [0.2, 0.25) is 11.8 Å².